The van der Waals surface area contributed by atoms with Crippen LogP contribution in [-0.4, -0.2) is 41.3 Å². The quantitative estimate of drug-likeness (QED) is 0.342. The normalized spacial score (nSPS) is 12.4. The smallest absolute Gasteiger partial charge is 0.272 e. The number of benzene rings is 2. The first kappa shape index (κ1) is 24.8. The highest BCUT2D eigenvalue weighted by molar-refractivity contribution is 8.01. The number of hydrogen-bond donors (Lipinski definition) is 2. The van der Waals surface area contributed by atoms with Crippen molar-refractivity contribution in [2.45, 2.75) is 10.8 Å². The van der Waals surface area contributed by atoms with E-state index in [1.54, 1.807) is 35.3 Å². The molecule has 2 heterocycles. The van der Waals surface area contributed by atoms with E-state index in [-0.39, 0.29) is 21.8 Å². The standard InChI is InChI=1S/C27H27N3O3S2/c1-30(2)13-14-34-25-12-11-22(35-25)17-24-27(32)28-23(26(31)29-24)16-20-9-6-10-21(15-20)33-18-19-7-4-3-5-8-19/h3-12,15-17H,13-14,18H2,1-2H3,(H,28,32)(H,29,31). The SMILES string of the molecule is CN(C)CCSc1ccc(C=c2[nH]c(=O)c(=Cc3cccc(OCc4ccccc4)c3)[nH]c2=O)s1. The number of ether oxygens (including phenoxy) is 1. The first-order chi connectivity index (χ1) is 17.0. The van der Waals surface area contributed by atoms with E-state index in [9.17, 15) is 9.59 Å². The molecule has 0 amide bonds. The largest absolute Gasteiger partial charge is 0.489 e. The van der Waals surface area contributed by atoms with E-state index < -0.39 is 0 Å². The van der Waals surface area contributed by atoms with Crippen molar-refractivity contribution in [2.75, 3.05) is 26.4 Å². The van der Waals surface area contributed by atoms with E-state index in [1.807, 2.05) is 66.7 Å². The van der Waals surface area contributed by atoms with Gasteiger partial charge in [-0.2, -0.15) is 0 Å². The predicted molar refractivity (Wildman–Crippen MR) is 145 cm³/mol. The first-order valence-corrected chi connectivity index (χ1v) is 13.0. The highest BCUT2D eigenvalue weighted by atomic mass is 32.2. The van der Waals surface area contributed by atoms with Crippen LogP contribution >= 0.6 is 23.1 Å². The molecule has 0 aliphatic carbocycles. The summed E-state index contributed by atoms with van der Waals surface area (Å²) in [6.45, 7) is 1.44. The van der Waals surface area contributed by atoms with Crippen LogP contribution in [0.4, 0.5) is 0 Å². The van der Waals surface area contributed by atoms with Crippen LogP contribution in [0.2, 0.25) is 0 Å². The molecular formula is C27H27N3O3S2. The molecule has 4 aromatic rings. The Balaban J connectivity index is 1.52. The topological polar surface area (TPSA) is 78.2 Å². The monoisotopic (exact) mass is 505 g/mol. The van der Waals surface area contributed by atoms with E-state index in [2.05, 4.69) is 29.0 Å². The summed E-state index contributed by atoms with van der Waals surface area (Å²) in [7, 11) is 4.10. The summed E-state index contributed by atoms with van der Waals surface area (Å²) >= 11 is 3.38. The Labute approximate surface area is 211 Å². The number of hydrogen-bond acceptors (Lipinski definition) is 6. The summed E-state index contributed by atoms with van der Waals surface area (Å²) in [5.41, 5.74) is 1.12. The van der Waals surface area contributed by atoms with Gasteiger partial charge in [0.15, 0.2) is 0 Å². The minimum atomic E-state index is -0.358. The van der Waals surface area contributed by atoms with Crippen LogP contribution in [0.25, 0.3) is 12.2 Å². The molecule has 0 bridgehead atoms. The molecule has 0 spiro atoms. The summed E-state index contributed by atoms with van der Waals surface area (Å²) in [5.74, 6) is 1.68. The van der Waals surface area contributed by atoms with Crippen molar-refractivity contribution in [3.05, 3.63) is 114 Å². The van der Waals surface area contributed by atoms with Gasteiger partial charge in [0.2, 0.25) is 0 Å². The summed E-state index contributed by atoms with van der Waals surface area (Å²) in [6, 6.07) is 21.3. The number of thiophene rings is 1. The Hall–Kier alpha value is -3.33. The van der Waals surface area contributed by atoms with E-state index >= 15 is 0 Å². The second-order valence-corrected chi connectivity index (χ2v) is 10.7. The molecule has 2 aromatic heterocycles. The molecule has 0 radical (unpaired) electrons. The van der Waals surface area contributed by atoms with Crippen LogP contribution < -0.4 is 26.6 Å². The lowest BCUT2D eigenvalue weighted by Crippen LogP contribution is -2.46. The molecule has 0 unspecified atom stereocenters. The van der Waals surface area contributed by atoms with Crippen molar-refractivity contribution in [3.8, 4) is 5.75 Å². The zero-order valence-electron chi connectivity index (χ0n) is 19.6. The van der Waals surface area contributed by atoms with Gasteiger partial charge in [-0.3, -0.25) is 9.59 Å². The van der Waals surface area contributed by atoms with Crippen molar-refractivity contribution >= 4 is 35.3 Å². The van der Waals surface area contributed by atoms with Gasteiger partial charge in [-0.05, 0) is 61.6 Å². The lowest BCUT2D eigenvalue weighted by molar-refractivity contribution is 0.306. The van der Waals surface area contributed by atoms with Gasteiger partial charge in [-0.1, -0.05) is 42.5 Å². The molecule has 0 saturated heterocycles. The Morgan fingerprint density at radius 3 is 2.40 bits per heavy atom. The molecular weight excluding hydrogens is 478 g/mol. The van der Waals surface area contributed by atoms with Crippen LogP contribution in [0.1, 0.15) is 16.0 Å². The summed E-state index contributed by atoms with van der Waals surface area (Å²) in [4.78, 5) is 33.8. The molecule has 2 N–H and O–H groups in total. The second-order valence-electron chi connectivity index (χ2n) is 8.18. The summed E-state index contributed by atoms with van der Waals surface area (Å²) in [5, 5.41) is 0.428. The summed E-state index contributed by atoms with van der Waals surface area (Å²) < 4.78 is 7.04. The highest BCUT2D eigenvalue weighted by Gasteiger charge is 2.02. The minimum Gasteiger partial charge on any atom is -0.489 e. The number of nitrogens with one attached hydrogen (secondary N) is 2. The lowest BCUT2D eigenvalue weighted by Gasteiger charge is -2.07. The molecule has 35 heavy (non-hydrogen) atoms. The lowest BCUT2D eigenvalue weighted by atomic mass is 10.2. The fraction of sp³-hybridized carbons (Fsp3) is 0.185. The van der Waals surface area contributed by atoms with Crippen molar-refractivity contribution in [1.82, 2.24) is 14.9 Å². The van der Waals surface area contributed by atoms with Crippen LogP contribution in [0.3, 0.4) is 0 Å². The molecule has 0 aliphatic rings. The van der Waals surface area contributed by atoms with Crippen molar-refractivity contribution in [3.63, 3.8) is 0 Å². The van der Waals surface area contributed by atoms with Gasteiger partial charge in [-0.25, -0.2) is 0 Å². The zero-order chi connectivity index (χ0) is 24.6. The van der Waals surface area contributed by atoms with E-state index in [4.69, 9.17) is 4.74 Å². The van der Waals surface area contributed by atoms with Gasteiger partial charge >= 0.3 is 0 Å². The predicted octanol–water partition coefficient (Wildman–Crippen LogP) is 3.02. The van der Waals surface area contributed by atoms with Crippen LogP contribution in [0.5, 0.6) is 5.75 Å². The van der Waals surface area contributed by atoms with Gasteiger partial charge in [-0.15, -0.1) is 23.1 Å². The van der Waals surface area contributed by atoms with Crippen LogP contribution in [0.15, 0.2) is 80.5 Å². The average molecular weight is 506 g/mol. The van der Waals surface area contributed by atoms with E-state index in [0.717, 1.165) is 28.3 Å². The summed E-state index contributed by atoms with van der Waals surface area (Å²) in [6.07, 6.45) is 3.35. The molecule has 0 fully saturated rings. The van der Waals surface area contributed by atoms with Crippen LogP contribution in [0, 0.1) is 0 Å². The van der Waals surface area contributed by atoms with Gasteiger partial charge in [0.25, 0.3) is 11.1 Å². The number of rotatable bonds is 9. The number of aromatic amines is 2. The Kier molecular flexibility index (Phi) is 8.41. The molecule has 6 nitrogen and oxygen atoms in total. The Morgan fingerprint density at radius 2 is 1.66 bits per heavy atom. The fourth-order valence-corrected chi connectivity index (χ4v) is 5.54. The third kappa shape index (κ3) is 7.32. The van der Waals surface area contributed by atoms with E-state index in [1.165, 1.54) is 4.21 Å². The number of thioether (sulfide) groups is 1. The average Bonchev–Trinajstić information content (AvgIpc) is 3.29. The van der Waals surface area contributed by atoms with E-state index in [0.29, 0.717) is 12.4 Å². The third-order valence-corrected chi connectivity index (χ3v) is 7.31. The van der Waals surface area contributed by atoms with Gasteiger partial charge in [0.1, 0.15) is 23.1 Å². The molecule has 0 saturated carbocycles. The minimum absolute atomic E-state index is 0.193. The van der Waals surface area contributed by atoms with Crippen molar-refractivity contribution < 1.29 is 4.74 Å². The van der Waals surface area contributed by atoms with Crippen LogP contribution in [-0.2, 0) is 6.61 Å². The maximum Gasteiger partial charge on any atom is 0.272 e. The van der Waals surface area contributed by atoms with Gasteiger partial charge in [0, 0.05) is 17.2 Å². The number of nitrogens with zero attached hydrogens (tertiary/aromatic N) is 1. The van der Waals surface area contributed by atoms with Gasteiger partial charge < -0.3 is 19.6 Å². The van der Waals surface area contributed by atoms with Gasteiger partial charge in [0.05, 0.1) is 4.21 Å². The molecule has 0 aliphatic heterocycles. The Morgan fingerprint density at radius 1 is 0.914 bits per heavy atom. The first-order valence-electron chi connectivity index (χ1n) is 11.2. The maximum absolute atomic E-state index is 12.7. The third-order valence-electron chi connectivity index (χ3n) is 5.07. The molecule has 0 atom stereocenters. The number of H-pyrrole nitrogens is 2. The second kappa shape index (κ2) is 11.9. The van der Waals surface area contributed by atoms with Crippen molar-refractivity contribution in [2.24, 2.45) is 0 Å². The fourth-order valence-electron chi connectivity index (χ4n) is 3.26. The number of aromatic nitrogens is 2. The zero-order valence-corrected chi connectivity index (χ0v) is 21.2. The molecule has 180 valence electrons. The molecule has 4 rings (SSSR count). The Bertz CT molecular complexity index is 1500. The van der Waals surface area contributed by atoms with Crippen molar-refractivity contribution in [1.29, 1.82) is 0 Å². The highest BCUT2D eigenvalue weighted by Crippen LogP contribution is 2.27. The maximum atomic E-state index is 12.7. The molecule has 2 aromatic carbocycles. The molecule has 8 heteroatoms.